The van der Waals surface area contributed by atoms with Crippen LogP contribution in [0.25, 0.3) is 0 Å². The molecule has 1 aromatic heterocycles. The van der Waals surface area contributed by atoms with Crippen molar-refractivity contribution in [1.82, 2.24) is 9.88 Å². The minimum Gasteiger partial charge on any atom is -0.353 e. The van der Waals surface area contributed by atoms with Crippen LogP contribution < -0.4 is 15.4 Å². The Labute approximate surface area is 188 Å². The molecule has 1 atom stereocenters. The van der Waals surface area contributed by atoms with Crippen LogP contribution in [0.5, 0.6) is 0 Å². The molecule has 0 spiro atoms. The summed E-state index contributed by atoms with van der Waals surface area (Å²) in [5.41, 5.74) is -0.616. The molecule has 2 aromatic rings. The van der Waals surface area contributed by atoms with Crippen LogP contribution in [0, 0.1) is 0 Å². The first-order chi connectivity index (χ1) is 14.9. The molecule has 2 heterocycles. The number of halogens is 4. The third-order valence-electron chi connectivity index (χ3n) is 5.12. The molecule has 1 aliphatic rings. The number of benzene rings is 1. The Balaban J connectivity index is 1.61. The second-order valence-corrected chi connectivity index (χ2v) is 9.26. The Morgan fingerprint density at radius 1 is 1.22 bits per heavy atom. The maximum atomic E-state index is 12.8. The van der Waals surface area contributed by atoms with Crippen LogP contribution in [0.1, 0.15) is 12.5 Å². The van der Waals surface area contributed by atoms with E-state index in [4.69, 9.17) is 16.7 Å². The molecule has 1 aliphatic heterocycles. The highest BCUT2D eigenvalue weighted by molar-refractivity contribution is 7.89. The van der Waals surface area contributed by atoms with Crippen molar-refractivity contribution in [3.63, 3.8) is 0 Å². The fourth-order valence-corrected chi connectivity index (χ4v) is 4.15. The second kappa shape index (κ2) is 9.22. The average Bonchev–Trinajstić information content (AvgIpc) is 2.72. The molecular weight excluding hydrogens is 471 g/mol. The molecule has 3 N–H and O–H groups in total. The van der Waals surface area contributed by atoms with Crippen molar-refractivity contribution < 1.29 is 26.4 Å². The highest BCUT2D eigenvalue weighted by Gasteiger charge is 2.33. The van der Waals surface area contributed by atoms with Crippen LogP contribution in [0.15, 0.2) is 41.4 Å². The lowest BCUT2D eigenvalue weighted by molar-refractivity contribution is -0.137. The van der Waals surface area contributed by atoms with Crippen LogP contribution in [0.2, 0.25) is 5.02 Å². The molecule has 8 nitrogen and oxygen atoms in total. The Morgan fingerprint density at radius 2 is 1.88 bits per heavy atom. The first kappa shape index (κ1) is 24.2. The topological polar surface area (TPSA) is 109 Å². The summed E-state index contributed by atoms with van der Waals surface area (Å²) in [5, 5.41) is 7.69. The lowest BCUT2D eigenvalue weighted by Crippen LogP contribution is -2.53. The number of piperazine rings is 1. The molecule has 32 heavy (non-hydrogen) atoms. The van der Waals surface area contributed by atoms with E-state index in [0.717, 1.165) is 12.3 Å². The van der Waals surface area contributed by atoms with Crippen molar-refractivity contribution in [1.29, 1.82) is 0 Å². The number of nitrogens with one attached hydrogen (secondary N) is 1. The maximum Gasteiger partial charge on any atom is 0.417 e. The molecule has 1 aromatic carbocycles. The van der Waals surface area contributed by atoms with E-state index in [-0.39, 0.29) is 21.6 Å². The van der Waals surface area contributed by atoms with Crippen molar-refractivity contribution in [3.8, 4) is 0 Å². The van der Waals surface area contributed by atoms with Gasteiger partial charge in [0.2, 0.25) is 15.9 Å². The summed E-state index contributed by atoms with van der Waals surface area (Å²) >= 11 is 6.02. The van der Waals surface area contributed by atoms with Crippen molar-refractivity contribution in [3.05, 3.63) is 47.1 Å². The summed E-state index contributed by atoms with van der Waals surface area (Å²) in [4.78, 5) is 20.0. The van der Waals surface area contributed by atoms with Crippen molar-refractivity contribution in [2.24, 2.45) is 5.14 Å². The van der Waals surface area contributed by atoms with Gasteiger partial charge in [0.05, 0.1) is 21.5 Å². The van der Waals surface area contributed by atoms with E-state index in [2.05, 4.69) is 10.3 Å². The highest BCUT2D eigenvalue weighted by Crippen LogP contribution is 2.33. The number of amides is 1. The van der Waals surface area contributed by atoms with Gasteiger partial charge in [-0.2, -0.15) is 13.2 Å². The zero-order valence-electron chi connectivity index (χ0n) is 16.9. The van der Waals surface area contributed by atoms with E-state index in [9.17, 15) is 26.4 Å². The van der Waals surface area contributed by atoms with Gasteiger partial charge in [-0.1, -0.05) is 17.7 Å². The quantitative estimate of drug-likeness (QED) is 0.665. The molecule has 3 rings (SSSR count). The monoisotopic (exact) mass is 491 g/mol. The summed E-state index contributed by atoms with van der Waals surface area (Å²) in [6.07, 6.45) is -3.77. The molecule has 1 amide bonds. The fourth-order valence-electron chi connectivity index (χ4n) is 3.30. The summed E-state index contributed by atoms with van der Waals surface area (Å²) < 4.78 is 61.4. The molecule has 174 valence electrons. The molecule has 0 saturated carbocycles. The van der Waals surface area contributed by atoms with Gasteiger partial charge < -0.3 is 10.2 Å². The highest BCUT2D eigenvalue weighted by atomic mass is 35.5. The van der Waals surface area contributed by atoms with E-state index in [1.54, 1.807) is 17.9 Å². The van der Waals surface area contributed by atoms with Gasteiger partial charge in [0, 0.05) is 38.1 Å². The van der Waals surface area contributed by atoms with Gasteiger partial charge in [-0.3, -0.25) is 9.69 Å². The van der Waals surface area contributed by atoms with Gasteiger partial charge >= 0.3 is 6.18 Å². The first-order valence-corrected chi connectivity index (χ1v) is 11.4. The summed E-state index contributed by atoms with van der Waals surface area (Å²) in [6, 6.07) is 5.94. The van der Waals surface area contributed by atoms with Crippen molar-refractivity contribution in [2.45, 2.75) is 24.0 Å². The summed E-state index contributed by atoms with van der Waals surface area (Å²) in [6.45, 7) is 3.43. The number of nitrogens with two attached hydrogens (primary N) is 1. The zero-order chi connectivity index (χ0) is 23.7. The van der Waals surface area contributed by atoms with E-state index >= 15 is 0 Å². The summed E-state index contributed by atoms with van der Waals surface area (Å²) in [7, 11) is -3.90. The number of aromatic nitrogens is 1. The number of carbonyl (C=O) groups is 1. The minimum atomic E-state index is -4.52. The number of hydrogen-bond donors (Lipinski definition) is 2. The molecule has 0 radical (unpaired) electrons. The first-order valence-electron chi connectivity index (χ1n) is 9.52. The van der Waals surface area contributed by atoms with Gasteiger partial charge in [-0.25, -0.2) is 18.5 Å². The molecular formula is C19H21ClF3N5O3S. The number of primary sulfonamides is 1. The lowest BCUT2D eigenvalue weighted by Gasteiger charge is -2.38. The van der Waals surface area contributed by atoms with Gasteiger partial charge in [0.1, 0.15) is 5.82 Å². The maximum absolute atomic E-state index is 12.8. The molecule has 1 fully saturated rings. The summed E-state index contributed by atoms with van der Waals surface area (Å²) in [5.74, 6) is -0.0769. The molecule has 13 heteroatoms. The zero-order valence-corrected chi connectivity index (χ0v) is 18.5. The smallest absolute Gasteiger partial charge is 0.353 e. The van der Waals surface area contributed by atoms with Crippen LogP contribution in [0.3, 0.4) is 0 Å². The molecule has 1 saturated heterocycles. The minimum absolute atomic E-state index is 0.0891. The SMILES string of the molecule is CC(C(=O)Nc1cccc(S(N)(=O)=O)c1)N1CCN(c2ncc(C(F)(F)F)cc2Cl)CC1. The molecule has 1 unspecified atom stereocenters. The van der Waals surface area contributed by atoms with E-state index in [1.165, 1.54) is 18.2 Å². The van der Waals surface area contributed by atoms with Gasteiger partial charge in [0.15, 0.2) is 0 Å². The number of rotatable bonds is 5. The standard InChI is InChI=1S/C19H21ClF3N5O3S/c1-12(18(29)26-14-3-2-4-15(10-14)32(24,30)31)27-5-7-28(8-6-27)17-16(20)9-13(11-25-17)19(21,22)23/h2-4,9-12H,5-8H2,1H3,(H,26,29)(H2,24,30,31). The van der Waals surface area contributed by atoms with Crippen LogP contribution in [0.4, 0.5) is 24.7 Å². The number of pyridine rings is 1. The number of anilines is 2. The second-order valence-electron chi connectivity index (χ2n) is 7.29. The number of hydrogen-bond acceptors (Lipinski definition) is 6. The van der Waals surface area contributed by atoms with Gasteiger partial charge in [0.25, 0.3) is 0 Å². The third-order valence-corrected chi connectivity index (χ3v) is 6.31. The predicted octanol–water partition coefficient (Wildman–Crippen LogP) is 2.55. The largest absolute Gasteiger partial charge is 0.417 e. The van der Waals surface area contributed by atoms with Gasteiger partial charge in [-0.15, -0.1) is 0 Å². The Hall–Kier alpha value is -2.41. The molecule has 0 aliphatic carbocycles. The van der Waals surface area contributed by atoms with Crippen molar-refractivity contribution in [2.75, 3.05) is 36.4 Å². The average molecular weight is 492 g/mol. The van der Waals surface area contributed by atoms with Gasteiger partial charge in [-0.05, 0) is 31.2 Å². The van der Waals surface area contributed by atoms with E-state index in [0.29, 0.717) is 31.9 Å². The fraction of sp³-hybridized carbons (Fsp3) is 0.368. The van der Waals surface area contributed by atoms with Crippen molar-refractivity contribution >= 4 is 39.0 Å². The number of sulfonamides is 1. The van der Waals surface area contributed by atoms with Crippen LogP contribution in [-0.2, 0) is 21.0 Å². The molecule has 0 bridgehead atoms. The number of carbonyl (C=O) groups excluding carboxylic acids is 1. The Bertz CT molecular complexity index is 1110. The number of nitrogens with zero attached hydrogens (tertiary/aromatic N) is 3. The normalized spacial score (nSPS) is 16.6. The predicted molar refractivity (Wildman–Crippen MR) is 114 cm³/mol. The third kappa shape index (κ3) is 5.68. The van der Waals surface area contributed by atoms with E-state index in [1.807, 2.05) is 4.90 Å². The van der Waals surface area contributed by atoms with E-state index < -0.39 is 27.8 Å². The Kier molecular flexibility index (Phi) is 6.98. The lowest BCUT2D eigenvalue weighted by atomic mass is 10.2. The number of alkyl halides is 3. The van der Waals surface area contributed by atoms with Crippen LogP contribution in [-0.4, -0.2) is 56.4 Å². The Morgan fingerprint density at radius 3 is 2.44 bits per heavy atom. The van der Waals surface area contributed by atoms with Crippen LogP contribution >= 0.6 is 11.6 Å².